The fraction of sp³-hybridized carbons (Fsp3) is 0.875. The second-order valence-electron chi connectivity index (χ2n) is 3.63. The number of hydrogen-bond donors (Lipinski definition) is 2. The van der Waals surface area contributed by atoms with Gasteiger partial charge in [0.05, 0.1) is 5.60 Å². The van der Waals surface area contributed by atoms with Crippen LogP contribution in [0.3, 0.4) is 0 Å². The smallest absolute Gasteiger partial charge is 0.323 e. The molecule has 0 saturated heterocycles. The second-order valence-corrected chi connectivity index (χ2v) is 3.63. The largest absolute Gasteiger partial charge is 0.480 e. The molecular weight excluding hydrogens is 158 g/mol. The Labute approximate surface area is 72.9 Å². The molecule has 0 aliphatic heterocycles. The molecule has 0 aromatic rings. The van der Waals surface area contributed by atoms with E-state index in [0.717, 1.165) is 0 Å². The number of rotatable bonds is 4. The minimum Gasteiger partial charge on any atom is -0.480 e. The van der Waals surface area contributed by atoms with E-state index in [1.165, 1.54) is 0 Å². The van der Waals surface area contributed by atoms with Gasteiger partial charge in [0.2, 0.25) is 0 Å². The normalized spacial score (nSPS) is 14.3. The standard InChI is InChI=1S/C8H17NO3/c1-5-6(7(10)11)9-12-8(2,3)4/h6,9H,5H2,1-4H3,(H,10,11). The van der Waals surface area contributed by atoms with Crippen molar-refractivity contribution in [2.24, 2.45) is 0 Å². The van der Waals surface area contributed by atoms with Gasteiger partial charge in [0.15, 0.2) is 0 Å². The molecule has 0 aromatic carbocycles. The Bertz CT molecular complexity index is 151. The molecule has 0 aromatic heterocycles. The molecule has 1 unspecified atom stereocenters. The van der Waals surface area contributed by atoms with E-state index >= 15 is 0 Å². The number of hydrogen-bond acceptors (Lipinski definition) is 3. The van der Waals surface area contributed by atoms with E-state index in [0.29, 0.717) is 6.42 Å². The summed E-state index contributed by atoms with van der Waals surface area (Å²) in [6, 6.07) is -0.621. The lowest BCUT2D eigenvalue weighted by Gasteiger charge is -2.22. The molecule has 0 spiro atoms. The molecule has 1 atom stereocenters. The van der Waals surface area contributed by atoms with Crippen LogP contribution in [0, 0.1) is 0 Å². The first kappa shape index (κ1) is 11.4. The van der Waals surface area contributed by atoms with E-state index in [1.54, 1.807) is 6.92 Å². The summed E-state index contributed by atoms with van der Waals surface area (Å²) < 4.78 is 0. The third kappa shape index (κ3) is 5.09. The molecule has 0 amide bonds. The maximum Gasteiger partial charge on any atom is 0.323 e. The van der Waals surface area contributed by atoms with Crippen LogP contribution in [0.25, 0.3) is 0 Å². The predicted octanol–water partition coefficient (Wildman–Crippen LogP) is 1.17. The van der Waals surface area contributed by atoms with E-state index in [-0.39, 0.29) is 5.60 Å². The molecule has 0 bridgehead atoms. The summed E-state index contributed by atoms with van der Waals surface area (Å²) in [5.74, 6) is -0.887. The van der Waals surface area contributed by atoms with Crippen molar-refractivity contribution >= 4 is 5.97 Å². The number of carboxylic acids is 1. The molecule has 0 rings (SSSR count). The summed E-state index contributed by atoms with van der Waals surface area (Å²) >= 11 is 0. The van der Waals surface area contributed by atoms with Gasteiger partial charge in [0, 0.05) is 0 Å². The molecule has 0 fully saturated rings. The van der Waals surface area contributed by atoms with Crippen molar-refractivity contribution in [3.05, 3.63) is 0 Å². The summed E-state index contributed by atoms with van der Waals surface area (Å²) in [4.78, 5) is 15.6. The topological polar surface area (TPSA) is 58.6 Å². The summed E-state index contributed by atoms with van der Waals surface area (Å²) in [6.07, 6.45) is 0.505. The van der Waals surface area contributed by atoms with Crippen LogP contribution in [0.4, 0.5) is 0 Å². The lowest BCUT2D eigenvalue weighted by molar-refractivity contribution is -0.150. The molecule has 4 nitrogen and oxygen atoms in total. The molecule has 0 radical (unpaired) electrons. The van der Waals surface area contributed by atoms with Crippen molar-refractivity contribution in [2.45, 2.75) is 45.8 Å². The lowest BCUT2D eigenvalue weighted by atomic mass is 10.2. The van der Waals surface area contributed by atoms with Gasteiger partial charge in [-0.15, -0.1) is 0 Å². The molecule has 0 saturated carbocycles. The Kier molecular flexibility index (Phi) is 4.20. The van der Waals surface area contributed by atoms with Crippen LogP contribution in [-0.2, 0) is 9.63 Å². The highest BCUT2D eigenvalue weighted by atomic mass is 16.7. The summed E-state index contributed by atoms with van der Waals surface area (Å²) in [5.41, 5.74) is 2.15. The number of carboxylic acid groups (broad SMARTS) is 1. The van der Waals surface area contributed by atoms with E-state index in [1.807, 2.05) is 20.8 Å². The molecule has 12 heavy (non-hydrogen) atoms. The fourth-order valence-electron chi connectivity index (χ4n) is 0.556. The van der Waals surface area contributed by atoms with Gasteiger partial charge in [-0.1, -0.05) is 6.92 Å². The number of carbonyl (C=O) groups is 1. The Hall–Kier alpha value is -0.610. The third-order valence-corrected chi connectivity index (χ3v) is 1.21. The van der Waals surface area contributed by atoms with Crippen molar-refractivity contribution in [3.63, 3.8) is 0 Å². The fourth-order valence-corrected chi connectivity index (χ4v) is 0.556. The third-order valence-electron chi connectivity index (χ3n) is 1.21. The van der Waals surface area contributed by atoms with Crippen LogP contribution in [0.15, 0.2) is 0 Å². The minimum absolute atomic E-state index is 0.358. The monoisotopic (exact) mass is 175 g/mol. The van der Waals surface area contributed by atoms with Gasteiger partial charge < -0.3 is 5.11 Å². The van der Waals surface area contributed by atoms with E-state index in [2.05, 4.69) is 5.48 Å². The minimum atomic E-state index is -0.887. The number of hydroxylamine groups is 1. The number of nitrogens with one attached hydrogen (secondary N) is 1. The van der Waals surface area contributed by atoms with Gasteiger partial charge in [-0.25, -0.2) is 0 Å². The van der Waals surface area contributed by atoms with E-state index in [4.69, 9.17) is 9.94 Å². The predicted molar refractivity (Wildman–Crippen MR) is 45.7 cm³/mol. The molecule has 0 heterocycles. The van der Waals surface area contributed by atoms with Crippen LogP contribution in [0.2, 0.25) is 0 Å². The van der Waals surface area contributed by atoms with Crippen LogP contribution in [0.5, 0.6) is 0 Å². The van der Waals surface area contributed by atoms with Crippen LogP contribution < -0.4 is 5.48 Å². The first-order valence-corrected chi connectivity index (χ1v) is 4.03. The average molecular weight is 175 g/mol. The molecule has 72 valence electrons. The van der Waals surface area contributed by atoms with E-state index in [9.17, 15) is 4.79 Å². The second kappa shape index (κ2) is 4.42. The quantitative estimate of drug-likeness (QED) is 0.630. The lowest BCUT2D eigenvalue weighted by Crippen LogP contribution is -2.40. The SMILES string of the molecule is CCC(NOC(C)(C)C)C(=O)O. The Morgan fingerprint density at radius 1 is 1.58 bits per heavy atom. The van der Waals surface area contributed by atoms with Gasteiger partial charge in [0.1, 0.15) is 6.04 Å². The summed E-state index contributed by atoms with van der Waals surface area (Å²) in [5, 5.41) is 8.63. The van der Waals surface area contributed by atoms with Crippen LogP contribution in [-0.4, -0.2) is 22.7 Å². The van der Waals surface area contributed by atoms with Crippen molar-refractivity contribution in [1.29, 1.82) is 0 Å². The van der Waals surface area contributed by atoms with E-state index < -0.39 is 12.0 Å². The van der Waals surface area contributed by atoms with Crippen LogP contribution >= 0.6 is 0 Å². The summed E-state index contributed by atoms with van der Waals surface area (Å²) in [6.45, 7) is 7.36. The first-order valence-electron chi connectivity index (χ1n) is 4.03. The highest BCUT2D eigenvalue weighted by Crippen LogP contribution is 2.05. The Balaban J connectivity index is 3.81. The van der Waals surface area contributed by atoms with Crippen LogP contribution in [0.1, 0.15) is 34.1 Å². The highest BCUT2D eigenvalue weighted by molar-refractivity contribution is 5.73. The first-order chi connectivity index (χ1) is 5.37. The van der Waals surface area contributed by atoms with Gasteiger partial charge in [-0.05, 0) is 27.2 Å². The van der Waals surface area contributed by atoms with Crippen molar-refractivity contribution < 1.29 is 14.7 Å². The zero-order valence-electron chi connectivity index (χ0n) is 8.05. The molecule has 2 N–H and O–H groups in total. The molecular formula is C8H17NO3. The van der Waals surface area contributed by atoms with Crippen molar-refractivity contribution in [1.82, 2.24) is 5.48 Å². The van der Waals surface area contributed by atoms with Gasteiger partial charge in [-0.2, -0.15) is 5.48 Å². The maximum absolute atomic E-state index is 10.5. The van der Waals surface area contributed by atoms with Gasteiger partial charge in [-0.3, -0.25) is 9.63 Å². The number of aliphatic carboxylic acids is 1. The van der Waals surface area contributed by atoms with Crippen molar-refractivity contribution in [3.8, 4) is 0 Å². The zero-order valence-corrected chi connectivity index (χ0v) is 8.05. The zero-order chi connectivity index (χ0) is 9.78. The average Bonchev–Trinajstić information content (AvgIpc) is 1.85. The molecule has 0 aliphatic rings. The molecule has 4 heteroatoms. The van der Waals surface area contributed by atoms with Gasteiger partial charge in [0.25, 0.3) is 0 Å². The Morgan fingerprint density at radius 3 is 2.33 bits per heavy atom. The Morgan fingerprint density at radius 2 is 2.08 bits per heavy atom. The highest BCUT2D eigenvalue weighted by Gasteiger charge is 2.18. The summed E-state index contributed by atoms with van der Waals surface area (Å²) in [7, 11) is 0. The van der Waals surface area contributed by atoms with Gasteiger partial charge >= 0.3 is 5.97 Å². The molecule has 0 aliphatic carbocycles. The maximum atomic E-state index is 10.5. The van der Waals surface area contributed by atoms with Crippen molar-refractivity contribution in [2.75, 3.05) is 0 Å².